The second-order valence-corrected chi connectivity index (χ2v) is 6.02. The maximum Gasteiger partial charge on any atom is 0.354 e. The molecule has 0 radical (unpaired) electrons. The molecule has 4 rings (SSSR count). The quantitative estimate of drug-likeness (QED) is 0.649. The van der Waals surface area contributed by atoms with Crippen molar-refractivity contribution in [3.05, 3.63) is 47.7 Å². The summed E-state index contributed by atoms with van der Waals surface area (Å²) in [5.41, 5.74) is 1.65. The Morgan fingerprint density at radius 3 is 2.63 bits per heavy atom. The van der Waals surface area contributed by atoms with Gasteiger partial charge in [-0.15, -0.1) is 0 Å². The van der Waals surface area contributed by atoms with Crippen LogP contribution in [0, 0.1) is 0 Å². The zero-order chi connectivity index (χ0) is 19.1. The van der Waals surface area contributed by atoms with E-state index in [2.05, 4.69) is 5.10 Å². The van der Waals surface area contributed by atoms with Crippen LogP contribution in [0.2, 0.25) is 0 Å². The normalized spacial score (nSPS) is 12.3. The molecule has 1 aliphatic rings. The smallest absolute Gasteiger partial charge is 0.354 e. The van der Waals surface area contributed by atoms with Crippen LogP contribution in [0.1, 0.15) is 23.0 Å². The number of carboxylic acids is 1. The Kier molecular flexibility index (Phi) is 3.88. The summed E-state index contributed by atoms with van der Waals surface area (Å²) in [5, 5.41) is 34.0. The van der Waals surface area contributed by atoms with Crippen molar-refractivity contribution in [3.63, 3.8) is 0 Å². The Bertz CT molecular complexity index is 1060. The first-order valence-corrected chi connectivity index (χ1v) is 8.26. The summed E-state index contributed by atoms with van der Waals surface area (Å²) in [5.74, 6) is -0.293. The molecule has 0 bridgehead atoms. The number of fused-ring (bicyclic) bond motifs is 1. The van der Waals surface area contributed by atoms with Crippen molar-refractivity contribution in [3.8, 4) is 39.9 Å². The lowest BCUT2D eigenvalue weighted by atomic mass is 10.0. The summed E-state index contributed by atoms with van der Waals surface area (Å²) >= 11 is 0. The van der Waals surface area contributed by atoms with Crippen LogP contribution >= 0.6 is 0 Å². The Morgan fingerprint density at radius 1 is 1.11 bits per heavy atom. The van der Waals surface area contributed by atoms with Crippen molar-refractivity contribution >= 4 is 5.97 Å². The molecular formula is C19H16N2O6. The number of hydrogen-bond acceptors (Lipinski definition) is 6. The fourth-order valence-corrected chi connectivity index (χ4v) is 2.99. The first-order chi connectivity index (χ1) is 13.0. The molecule has 3 N–H and O–H groups in total. The molecule has 0 saturated carbocycles. The van der Waals surface area contributed by atoms with Crippen molar-refractivity contribution in [1.29, 1.82) is 0 Å². The van der Waals surface area contributed by atoms with E-state index in [0.717, 1.165) is 0 Å². The third kappa shape index (κ3) is 2.80. The van der Waals surface area contributed by atoms with Crippen LogP contribution in [0.25, 0.3) is 16.9 Å². The predicted molar refractivity (Wildman–Crippen MR) is 94.8 cm³/mol. The Morgan fingerprint density at radius 2 is 1.89 bits per heavy atom. The lowest BCUT2D eigenvalue weighted by Gasteiger charge is -2.07. The monoisotopic (exact) mass is 368 g/mol. The lowest BCUT2D eigenvalue weighted by molar-refractivity contribution is 0.0687. The number of benzene rings is 2. The summed E-state index contributed by atoms with van der Waals surface area (Å²) < 4.78 is 11.9. The minimum atomic E-state index is -1.17. The fraction of sp³-hybridized carbons (Fsp3) is 0.158. The summed E-state index contributed by atoms with van der Waals surface area (Å²) in [6, 6.07) is 9.19. The number of aromatic nitrogens is 2. The molecule has 27 heavy (non-hydrogen) atoms. The van der Waals surface area contributed by atoms with Gasteiger partial charge in [0, 0.05) is 17.7 Å². The molecule has 2 heterocycles. The molecule has 3 aromatic rings. The molecule has 0 amide bonds. The molecule has 1 aliphatic heterocycles. The van der Waals surface area contributed by atoms with Gasteiger partial charge in [0.05, 0.1) is 11.4 Å². The van der Waals surface area contributed by atoms with Crippen LogP contribution < -0.4 is 9.47 Å². The van der Waals surface area contributed by atoms with Crippen molar-refractivity contribution in [1.82, 2.24) is 9.78 Å². The van der Waals surface area contributed by atoms with E-state index in [1.165, 1.54) is 16.8 Å². The van der Waals surface area contributed by atoms with Gasteiger partial charge < -0.3 is 24.8 Å². The highest BCUT2D eigenvalue weighted by molar-refractivity contribution is 5.88. The number of rotatable bonds is 4. The number of aryl methyl sites for hydroxylation is 1. The molecule has 2 aromatic carbocycles. The molecule has 0 spiro atoms. The van der Waals surface area contributed by atoms with E-state index in [1.807, 2.05) is 6.92 Å². The third-order valence-electron chi connectivity index (χ3n) is 4.38. The third-order valence-corrected chi connectivity index (χ3v) is 4.38. The Hall–Kier alpha value is -3.68. The second kappa shape index (κ2) is 6.24. The zero-order valence-electron chi connectivity index (χ0n) is 14.3. The molecule has 1 aromatic heterocycles. The van der Waals surface area contributed by atoms with Crippen LogP contribution in [0.4, 0.5) is 0 Å². The molecule has 138 valence electrons. The largest absolute Gasteiger partial charge is 0.508 e. The van der Waals surface area contributed by atoms with Gasteiger partial charge in [0.1, 0.15) is 11.5 Å². The zero-order valence-corrected chi connectivity index (χ0v) is 14.3. The first kappa shape index (κ1) is 16.8. The van der Waals surface area contributed by atoms with Gasteiger partial charge in [-0.1, -0.05) is 6.92 Å². The highest BCUT2D eigenvalue weighted by Gasteiger charge is 2.21. The van der Waals surface area contributed by atoms with Crippen LogP contribution in [-0.4, -0.2) is 37.9 Å². The van der Waals surface area contributed by atoms with Gasteiger partial charge in [-0.3, -0.25) is 0 Å². The summed E-state index contributed by atoms with van der Waals surface area (Å²) in [4.78, 5) is 11.7. The van der Waals surface area contributed by atoms with Gasteiger partial charge in [0.15, 0.2) is 17.2 Å². The van der Waals surface area contributed by atoms with Crippen molar-refractivity contribution < 1.29 is 29.6 Å². The number of phenols is 2. The molecular weight excluding hydrogens is 352 g/mol. The molecule has 0 aliphatic carbocycles. The average molecular weight is 368 g/mol. The highest BCUT2D eigenvalue weighted by atomic mass is 16.7. The Balaban J connectivity index is 1.86. The maximum atomic E-state index is 11.7. The van der Waals surface area contributed by atoms with Gasteiger partial charge >= 0.3 is 5.97 Å². The van der Waals surface area contributed by atoms with Gasteiger partial charge in [-0.2, -0.15) is 5.10 Å². The summed E-state index contributed by atoms with van der Waals surface area (Å²) in [7, 11) is 0. The number of aromatic hydroxyl groups is 2. The van der Waals surface area contributed by atoms with E-state index >= 15 is 0 Å². The maximum absolute atomic E-state index is 11.7. The molecule has 0 unspecified atom stereocenters. The standard InChI is InChI=1S/C19H16N2O6/c1-2-10-5-12(16(23)8-15(10)22)13-7-14(19(24)25)21(20-13)11-3-4-17-18(6-11)27-9-26-17/h3-8,22-23H,2,9H2,1H3,(H,24,25). The molecule has 8 heteroatoms. The van der Waals surface area contributed by atoms with Crippen molar-refractivity contribution in [2.75, 3.05) is 6.79 Å². The highest BCUT2D eigenvalue weighted by Crippen LogP contribution is 2.37. The average Bonchev–Trinajstić information content (AvgIpc) is 3.28. The van der Waals surface area contributed by atoms with Crippen molar-refractivity contribution in [2.45, 2.75) is 13.3 Å². The number of ether oxygens (including phenoxy) is 2. The van der Waals surface area contributed by atoms with Crippen LogP contribution in [-0.2, 0) is 6.42 Å². The minimum Gasteiger partial charge on any atom is -0.508 e. The van der Waals surface area contributed by atoms with E-state index in [-0.39, 0.29) is 29.7 Å². The van der Waals surface area contributed by atoms with E-state index in [1.54, 1.807) is 24.3 Å². The van der Waals surface area contributed by atoms with Crippen LogP contribution in [0.5, 0.6) is 23.0 Å². The van der Waals surface area contributed by atoms with Crippen LogP contribution in [0.15, 0.2) is 36.4 Å². The van der Waals surface area contributed by atoms with Gasteiger partial charge in [-0.25, -0.2) is 9.48 Å². The van der Waals surface area contributed by atoms with Gasteiger partial charge in [0.25, 0.3) is 0 Å². The van der Waals surface area contributed by atoms with E-state index in [9.17, 15) is 20.1 Å². The molecule has 0 atom stereocenters. The first-order valence-electron chi connectivity index (χ1n) is 8.26. The number of hydrogen-bond donors (Lipinski definition) is 3. The van der Waals surface area contributed by atoms with E-state index in [4.69, 9.17) is 9.47 Å². The second-order valence-electron chi connectivity index (χ2n) is 6.02. The topological polar surface area (TPSA) is 114 Å². The number of carbonyl (C=O) groups is 1. The van der Waals surface area contributed by atoms with Gasteiger partial charge in [0.2, 0.25) is 6.79 Å². The number of nitrogens with zero attached hydrogens (tertiary/aromatic N) is 2. The molecule has 0 saturated heterocycles. The van der Waals surface area contributed by atoms with Crippen LogP contribution in [0.3, 0.4) is 0 Å². The molecule has 8 nitrogen and oxygen atoms in total. The minimum absolute atomic E-state index is 0.0209. The number of phenolic OH excluding ortho intramolecular Hbond substituents is 2. The summed E-state index contributed by atoms with van der Waals surface area (Å²) in [6.07, 6.45) is 0.549. The van der Waals surface area contributed by atoms with E-state index < -0.39 is 5.97 Å². The number of carboxylic acid groups (broad SMARTS) is 1. The molecule has 0 fully saturated rings. The van der Waals surface area contributed by atoms with E-state index in [0.29, 0.717) is 34.7 Å². The lowest BCUT2D eigenvalue weighted by Crippen LogP contribution is -2.07. The summed E-state index contributed by atoms with van der Waals surface area (Å²) in [6.45, 7) is 1.97. The fourth-order valence-electron chi connectivity index (χ4n) is 2.99. The van der Waals surface area contributed by atoms with Gasteiger partial charge in [-0.05, 0) is 36.2 Å². The Labute approximate surface area is 153 Å². The predicted octanol–water partition coefficient (Wildman–Crippen LogP) is 2.94. The number of aromatic carboxylic acids is 1. The van der Waals surface area contributed by atoms with Crippen molar-refractivity contribution in [2.24, 2.45) is 0 Å². The SMILES string of the molecule is CCc1cc(-c2cc(C(=O)O)n(-c3ccc4c(c3)OCO4)n2)c(O)cc1O.